The summed E-state index contributed by atoms with van der Waals surface area (Å²) >= 11 is 0. The van der Waals surface area contributed by atoms with Crippen molar-refractivity contribution >= 4 is 5.69 Å². The Hall–Kier alpha value is -1.37. The van der Waals surface area contributed by atoms with Gasteiger partial charge in [-0.05, 0) is 31.2 Å². The zero-order valence-corrected chi connectivity index (χ0v) is 10.0. The van der Waals surface area contributed by atoms with Gasteiger partial charge in [-0.3, -0.25) is 0 Å². The Morgan fingerprint density at radius 1 is 0.895 bits per heavy atom. The number of rotatable bonds is 5. The summed E-state index contributed by atoms with van der Waals surface area (Å²) in [5.41, 5.74) is 4.25. The third kappa shape index (κ3) is 2.51. The SMILES string of the molecule is NCCC1(CNc2c(F)c(F)c(F)c(F)c2F)CC1. The maximum Gasteiger partial charge on any atom is 0.200 e. The second kappa shape index (κ2) is 4.96. The first kappa shape index (κ1) is 14.0. The van der Waals surface area contributed by atoms with Crippen molar-refractivity contribution in [2.24, 2.45) is 11.1 Å². The number of hydrogen-bond acceptors (Lipinski definition) is 2. The van der Waals surface area contributed by atoms with E-state index in [0.717, 1.165) is 12.8 Å². The standard InChI is InChI=1S/C12H13F5N2/c13-6-7(14)9(16)11(10(17)8(6)15)19-5-12(1-2-12)3-4-18/h19H,1-5,18H2. The van der Waals surface area contributed by atoms with Crippen LogP contribution in [-0.4, -0.2) is 13.1 Å². The summed E-state index contributed by atoms with van der Waals surface area (Å²) in [6, 6.07) is 0. The first-order chi connectivity index (χ1) is 8.92. The van der Waals surface area contributed by atoms with E-state index >= 15 is 0 Å². The van der Waals surface area contributed by atoms with Crippen molar-refractivity contribution in [3.8, 4) is 0 Å². The minimum absolute atomic E-state index is 0.141. The molecule has 0 aromatic heterocycles. The highest BCUT2D eigenvalue weighted by Crippen LogP contribution is 2.48. The zero-order chi connectivity index (χ0) is 14.2. The van der Waals surface area contributed by atoms with E-state index < -0.39 is 34.8 Å². The number of hydrogen-bond donors (Lipinski definition) is 2. The average Bonchev–Trinajstić information content (AvgIpc) is 3.14. The fraction of sp³-hybridized carbons (Fsp3) is 0.500. The van der Waals surface area contributed by atoms with Gasteiger partial charge in [-0.2, -0.15) is 0 Å². The maximum atomic E-state index is 13.4. The molecule has 1 aliphatic carbocycles. The van der Waals surface area contributed by atoms with E-state index in [4.69, 9.17) is 5.73 Å². The molecular weight excluding hydrogens is 267 g/mol. The average molecular weight is 280 g/mol. The van der Waals surface area contributed by atoms with Gasteiger partial charge in [0.05, 0.1) is 0 Å². The predicted octanol–water partition coefficient (Wildman–Crippen LogP) is 2.92. The van der Waals surface area contributed by atoms with E-state index in [-0.39, 0.29) is 12.0 Å². The van der Waals surface area contributed by atoms with Crippen LogP contribution in [0.4, 0.5) is 27.6 Å². The Morgan fingerprint density at radius 2 is 1.37 bits per heavy atom. The van der Waals surface area contributed by atoms with Crippen molar-refractivity contribution in [2.45, 2.75) is 19.3 Å². The van der Waals surface area contributed by atoms with E-state index in [1.54, 1.807) is 0 Å². The molecule has 0 unspecified atom stereocenters. The number of nitrogens with two attached hydrogens (primary N) is 1. The molecule has 0 saturated heterocycles. The van der Waals surface area contributed by atoms with Crippen molar-refractivity contribution in [1.29, 1.82) is 0 Å². The fourth-order valence-corrected chi connectivity index (χ4v) is 2.03. The van der Waals surface area contributed by atoms with Gasteiger partial charge < -0.3 is 11.1 Å². The van der Waals surface area contributed by atoms with Crippen molar-refractivity contribution in [1.82, 2.24) is 0 Å². The lowest BCUT2D eigenvalue weighted by molar-refractivity contribution is 0.380. The first-order valence-electron chi connectivity index (χ1n) is 5.87. The van der Waals surface area contributed by atoms with Gasteiger partial charge in [0.1, 0.15) is 5.69 Å². The molecule has 2 nitrogen and oxygen atoms in total. The van der Waals surface area contributed by atoms with Crippen LogP contribution in [0.3, 0.4) is 0 Å². The molecule has 3 N–H and O–H groups in total. The summed E-state index contributed by atoms with van der Waals surface area (Å²) in [6.45, 7) is 0.557. The van der Waals surface area contributed by atoms with Gasteiger partial charge in [0, 0.05) is 6.54 Å². The minimum atomic E-state index is -2.15. The number of benzene rings is 1. The van der Waals surface area contributed by atoms with Crippen LogP contribution in [-0.2, 0) is 0 Å². The number of anilines is 1. The fourth-order valence-electron chi connectivity index (χ4n) is 2.03. The molecule has 0 atom stereocenters. The molecule has 0 amide bonds. The third-order valence-corrected chi connectivity index (χ3v) is 3.48. The highest BCUT2D eigenvalue weighted by Gasteiger charge is 2.41. The van der Waals surface area contributed by atoms with Crippen molar-refractivity contribution < 1.29 is 22.0 Å². The Kier molecular flexibility index (Phi) is 3.66. The second-order valence-electron chi connectivity index (χ2n) is 4.84. The van der Waals surface area contributed by atoms with Crippen molar-refractivity contribution in [3.63, 3.8) is 0 Å². The van der Waals surface area contributed by atoms with Crippen LogP contribution in [0.15, 0.2) is 0 Å². The van der Waals surface area contributed by atoms with Gasteiger partial charge in [0.25, 0.3) is 0 Å². The van der Waals surface area contributed by atoms with Crippen LogP contribution in [0.5, 0.6) is 0 Å². The summed E-state index contributed by atoms with van der Waals surface area (Å²) in [5.74, 6) is -9.70. The van der Waals surface area contributed by atoms with Gasteiger partial charge in [0.2, 0.25) is 5.82 Å². The van der Waals surface area contributed by atoms with Gasteiger partial charge >= 0.3 is 0 Å². The van der Waals surface area contributed by atoms with Crippen molar-refractivity contribution in [3.05, 3.63) is 29.1 Å². The summed E-state index contributed by atoms with van der Waals surface area (Å²) in [7, 11) is 0. The van der Waals surface area contributed by atoms with Crippen LogP contribution < -0.4 is 11.1 Å². The normalized spacial score (nSPS) is 16.5. The largest absolute Gasteiger partial charge is 0.380 e. The Balaban J connectivity index is 2.21. The summed E-state index contributed by atoms with van der Waals surface area (Å²) in [6.07, 6.45) is 2.30. The molecule has 19 heavy (non-hydrogen) atoms. The van der Waals surface area contributed by atoms with Gasteiger partial charge in [-0.25, -0.2) is 22.0 Å². The molecule has 0 heterocycles. The molecule has 106 valence electrons. The van der Waals surface area contributed by atoms with Crippen LogP contribution in [0, 0.1) is 34.5 Å². The smallest absolute Gasteiger partial charge is 0.200 e. The molecule has 0 bridgehead atoms. The Bertz CT molecular complexity index is 470. The first-order valence-corrected chi connectivity index (χ1v) is 5.87. The van der Waals surface area contributed by atoms with E-state index in [0.29, 0.717) is 13.0 Å². The van der Waals surface area contributed by atoms with Crippen LogP contribution in [0.1, 0.15) is 19.3 Å². The molecule has 1 aromatic carbocycles. The lowest BCUT2D eigenvalue weighted by atomic mass is 10.0. The molecule has 1 saturated carbocycles. The molecule has 0 spiro atoms. The van der Waals surface area contributed by atoms with Crippen molar-refractivity contribution in [2.75, 3.05) is 18.4 Å². The zero-order valence-electron chi connectivity index (χ0n) is 10.0. The molecule has 7 heteroatoms. The maximum absolute atomic E-state index is 13.4. The van der Waals surface area contributed by atoms with E-state index in [1.807, 2.05) is 0 Å². The quantitative estimate of drug-likeness (QED) is 0.494. The summed E-state index contributed by atoms with van der Waals surface area (Å²) < 4.78 is 65.5. The second-order valence-corrected chi connectivity index (χ2v) is 4.84. The predicted molar refractivity (Wildman–Crippen MR) is 60.1 cm³/mol. The monoisotopic (exact) mass is 280 g/mol. The molecule has 2 rings (SSSR count). The number of nitrogens with one attached hydrogen (secondary N) is 1. The molecular formula is C12H13F5N2. The minimum Gasteiger partial charge on any atom is -0.380 e. The topological polar surface area (TPSA) is 38.0 Å². The van der Waals surface area contributed by atoms with E-state index in [1.165, 1.54) is 0 Å². The van der Waals surface area contributed by atoms with E-state index in [9.17, 15) is 22.0 Å². The third-order valence-electron chi connectivity index (χ3n) is 3.48. The lowest BCUT2D eigenvalue weighted by Gasteiger charge is -2.17. The molecule has 0 radical (unpaired) electrons. The van der Waals surface area contributed by atoms with Crippen LogP contribution >= 0.6 is 0 Å². The molecule has 0 aliphatic heterocycles. The van der Waals surface area contributed by atoms with Gasteiger partial charge in [0.15, 0.2) is 23.3 Å². The highest BCUT2D eigenvalue weighted by molar-refractivity contribution is 5.48. The highest BCUT2D eigenvalue weighted by atomic mass is 19.2. The summed E-state index contributed by atoms with van der Waals surface area (Å²) in [5, 5.41) is 2.33. The summed E-state index contributed by atoms with van der Waals surface area (Å²) in [4.78, 5) is 0. The van der Waals surface area contributed by atoms with E-state index in [2.05, 4.69) is 5.32 Å². The molecule has 1 aromatic rings. The Labute approximate surface area is 106 Å². The Morgan fingerprint density at radius 3 is 1.79 bits per heavy atom. The lowest BCUT2D eigenvalue weighted by Crippen LogP contribution is -2.21. The molecule has 1 fully saturated rings. The van der Waals surface area contributed by atoms with Crippen LogP contribution in [0.25, 0.3) is 0 Å². The van der Waals surface area contributed by atoms with Gasteiger partial charge in [-0.1, -0.05) is 0 Å². The van der Waals surface area contributed by atoms with Crippen LogP contribution in [0.2, 0.25) is 0 Å². The molecule has 1 aliphatic rings. The van der Waals surface area contributed by atoms with Gasteiger partial charge in [-0.15, -0.1) is 0 Å². The number of halogens is 5.